The molecule has 0 radical (unpaired) electrons. The van der Waals surface area contributed by atoms with Crippen molar-refractivity contribution in [1.29, 1.82) is 0 Å². The first kappa shape index (κ1) is 17.5. The van der Waals surface area contributed by atoms with Crippen molar-refractivity contribution in [1.82, 2.24) is 19.4 Å². The molecule has 1 unspecified atom stereocenters. The van der Waals surface area contributed by atoms with E-state index in [0.717, 1.165) is 28.6 Å². The summed E-state index contributed by atoms with van der Waals surface area (Å²) in [6.45, 7) is 6.24. The van der Waals surface area contributed by atoms with Gasteiger partial charge in [0.25, 0.3) is 0 Å². The molecule has 3 aromatic heterocycles. The van der Waals surface area contributed by atoms with Gasteiger partial charge in [-0.05, 0) is 24.8 Å². The maximum absolute atomic E-state index is 10.8. The first-order valence-corrected chi connectivity index (χ1v) is 9.42. The van der Waals surface area contributed by atoms with Crippen LogP contribution in [0, 0.1) is 5.92 Å². The summed E-state index contributed by atoms with van der Waals surface area (Å²) in [6.07, 6.45) is 5.25. The summed E-state index contributed by atoms with van der Waals surface area (Å²) in [5, 5.41) is 11.9. The number of aromatic nitrogens is 4. The van der Waals surface area contributed by atoms with Gasteiger partial charge in [-0.3, -0.25) is 4.40 Å². The predicted molar refractivity (Wildman–Crippen MR) is 108 cm³/mol. The van der Waals surface area contributed by atoms with Crippen LogP contribution in [0.2, 0.25) is 0 Å². The van der Waals surface area contributed by atoms with Crippen LogP contribution in [0.5, 0.6) is 5.88 Å². The Balaban J connectivity index is 1.98. The lowest BCUT2D eigenvalue weighted by Gasteiger charge is -2.12. The summed E-state index contributed by atoms with van der Waals surface area (Å²) in [5.74, 6) is 0.567. The van der Waals surface area contributed by atoms with Crippen molar-refractivity contribution < 1.29 is 5.11 Å². The first-order valence-electron chi connectivity index (χ1n) is 9.42. The molecule has 0 aliphatic carbocycles. The van der Waals surface area contributed by atoms with Crippen LogP contribution >= 0.6 is 0 Å². The van der Waals surface area contributed by atoms with E-state index in [0.29, 0.717) is 29.4 Å². The van der Waals surface area contributed by atoms with E-state index in [1.165, 1.54) is 0 Å². The largest absolute Gasteiger partial charge is 0.493 e. The molecule has 0 saturated carbocycles. The minimum Gasteiger partial charge on any atom is -0.493 e. The SMILES string of the molecule is CCC(N)c1nc(-c2c[nH]c3ccccc23)cn2c(O)c(CC(C)C)nc12. The van der Waals surface area contributed by atoms with E-state index >= 15 is 0 Å². The van der Waals surface area contributed by atoms with Crippen LogP contribution in [-0.2, 0) is 6.42 Å². The van der Waals surface area contributed by atoms with Crippen molar-refractivity contribution in [3.8, 4) is 17.1 Å². The number of hydrogen-bond acceptors (Lipinski definition) is 4. The van der Waals surface area contributed by atoms with Crippen molar-refractivity contribution >= 4 is 16.6 Å². The van der Waals surface area contributed by atoms with E-state index in [1.807, 2.05) is 37.5 Å². The fourth-order valence-electron chi connectivity index (χ4n) is 3.48. The molecule has 0 fully saturated rings. The van der Waals surface area contributed by atoms with Gasteiger partial charge in [0.05, 0.1) is 11.7 Å². The lowest BCUT2D eigenvalue weighted by molar-refractivity contribution is 0.436. The lowest BCUT2D eigenvalue weighted by Crippen LogP contribution is -2.13. The van der Waals surface area contributed by atoms with Crippen LogP contribution in [0.3, 0.4) is 0 Å². The van der Waals surface area contributed by atoms with Crippen LogP contribution in [0.25, 0.3) is 27.8 Å². The van der Waals surface area contributed by atoms with Gasteiger partial charge in [-0.15, -0.1) is 0 Å². The normalized spacial score (nSPS) is 13.1. The Morgan fingerprint density at radius 3 is 2.74 bits per heavy atom. The van der Waals surface area contributed by atoms with Gasteiger partial charge in [0.15, 0.2) is 5.65 Å². The summed E-state index contributed by atoms with van der Waals surface area (Å²) in [6, 6.07) is 7.85. The topological polar surface area (TPSA) is 92.2 Å². The molecule has 4 N–H and O–H groups in total. The fraction of sp³-hybridized carbons (Fsp3) is 0.333. The van der Waals surface area contributed by atoms with Crippen LogP contribution in [0.1, 0.15) is 44.6 Å². The molecule has 27 heavy (non-hydrogen) atoms. The fourth-order valence-corrected chi connectivity index (χ4v) is 3.48. The third kappa shape index (κ3) is 2.96. The van der Waals surface area contributed by atoms with E-state index in [4.69, 9.17) is 10.7 Å². The van der Waals surface area contributed by atoms with E-state index in [-0.39, 0.29) is 11.9 Å². The van der Waals surface area contributed by atoms with Crippen molar-refractivity contribution in [2.75, 3.05) is 0 Å². The van der Waals surface area contributed by atoms with Crippen LogP contribution in [0.4, 0.5) is 0 Å². The van der Waals surface area contributed by atoms with Crippen molar-refractivity contribution in [2.45, 2.75) is 39.7 Å². The van der Waals surface area contributed by atoms with E-state index in [9.17, 15) is 5.11 Å². The third-order valence-corrected chi connectivity index (χ3v) is 4.93. The molecule has 140 valence electrons. The minimum absolute atomic E-state index is 0.173. The van der Waals surface area contributed by atoms with Crippen molar-refractivity contribution in [3.05, 3.63) is 48.0 Å². The number of nitrogens with zero attached hydrogens (tertiary/aromatic N) is 3. The molecule has 1 aromatic carbocycles. The molecule has 0 aliphatic heterocycles. The molecule has 3 heterocycles. The van der Waals surface area contributed by atoms with Crippen molar-refractivity contribution in [2.24, 2.45) is 11.7 Å². The van der Waals surface area contributed by atoms with Gasteiger partial charge in [0, 0.05) is 28.9 Å². The zero-order valence-corrected chi connectivity index (χ0v) is 15.9. The van der Waals surface area contributed by atoms with E-state index in [1.54, 1.807) is 4.40 Å². The molecule has 4 rings (SSSR count). The quantitative estimate of drug-likeness (QED) is 0.496. The molecule has 0 saturated heterocycles. The summed E-state index contributed by atoms with van der Waals surface area (Å²) in [7, 11) is 0. The Kier molecular flexibility index (Phi) is 4.36. The minimum atomic E-state index is -0.244. The monoisotopic (exact) mass is 363 g/mol. The second-order valence-corrected chi connectivity index (χ2v) is 7.45. The second-order valence-electron chi connectivity index (χ2n) is 7.45. The molecule has 4 aromatic rings. The molecular formula is C21H25N5O. The first-order chi connectivity index (χ1) is 13.0. The predicted octanol–water partition coefficient (Wildman–Crippen LogP) is 4.19. The number of H-pyrrole nitrogens is 1. The number of benzene rings is 1. The highest BCUT2D eigenvalue weighted by molar-refractivity contribution is 5.94. The third-order valence-electron chi connectivity index (χ3n) is 4.93. The van der Waals surface area contributed by atoms with Gasteiger partial charge in [-0.25, -0.2) is 9.97 Å². The van der Waals surface area contributed by atoms with Crippen LogP contribution < -0.4 is 5.73 Å². The Morgan fingerprint density at radius 2 is 2.00 bits per heavy atom. The molecule has 0 spiro atoms. The second kappa shape index (κ2) is 6.70. The van der Waals surface area contributed by atoms with E-state index < -0.39 is 0 Å². The number of fused-ring (bicyclic) bond motifs is 2. The molecule has 1 atom stereocenters. The van der Waals surface area contributed by atoms with Gasteiger partial charge in [-0.2, -0.15) is 0 Å². The Hall–Kier alpha value is -2.86. The van der Waals surface area contributed by atoms with E-state index in [2.05, 4.69) is 29.9 Å². The molecule has 6 nitrogen and oxygen atoms in total. The zero-order chi connectivity index (χ0) is 19.1. The molecule has 6 heteroatoms. The molecule has 0 bridgehead atoms. The van der Waals surface area contributed by atoms with Crippen molar-refractivity contribution in [3.63, 3.8) is 0 Å². The van der Waals surface area contributed by atoms with Gasteiger partial charge in [0.2, 0.25) is 5.88 Å². The highest BCUT2D eigenvalue weighted by Crippen LogP contribution is 2.32. The molecule has 0 aliphatic rings. The summed E-state index contributed by atoms with van der Waals surface area (Å²) in [4.78, 5) is 12.8. The standard InChI is InChI=1S/C21H25N5O/c1-4-15(22)19-20-25-17(9-12(2)3)21(27)26(20)11-18(24-19)14-10-23-16-8-6-5-7-13(14)16/h5-8,10-12,15,23,27H,4,9,22H2,1-3H3. The zero-order valence-electron chi connectivity index (χ0n) is 15.9. The van der Waals surface area contributed by atoms with Crippen LogP contribution in [0.15, 0.2) is 36.7 Å². The maximum atomic E-state index is 10.8. The Bertz CT molecular complexity index is 1110. The lowest BCUT2D eigenvalue weighted by atomic mass is 10.1. The molecule has 0 amide bonds. The van der Waals surface area contributed by atoms with Gasteiger partial charge in [-0.1, -0.05) is 39.0 Å². The average molecular weight is 363 g/mol. The number of hydrogen-bond donors (Lipinski definition) is 3. The smallest absolute Gasteiger partial charge is 0.219 e. The van der Waals surface area contributed by atoms with Gasteiger partial charge in [0.1, 0.15) is 11.4 Å². The average Bonchev–Trinajstić information content (AvgIpc) is 3.22. The number of nitrogens with one attached hydrogen (secondary N) is 1. The highest BCUT2D eigenvalue weighted by atomic mass is 16.3. The number of aromatic amines is 1. The van der Waals surface area contributed by atoms with Gasteiger partial charge >= 0.3 is 0 Å². The summed E-state index contributed by atoms with van der Waals surface area (Å²) < 4.78 is 1.73. The number of rotatable bonds is 5. The number of nitrogens with two attached hydrogens (primary N) is 1. The number of imidazole rings is 1. The Morgan fingerprint density at radius 1 is 1.22 bits per heavy atom. The molecular weight excluding hydrogens is 338 g/mol. The summed E-state index contributed by atoms with van der Waals surface area (Å²) >= 11 is 0. The Labute approximate surface area is 158 Å². The number of aromatic hydroxyl groups is 1. The summed E-state index contributed by atoms with van der Waals surface area (Å²) in [5.41, 5.74) is 11.2. The van der Waals surface area contributed by atoms with Crippen LogP contribution in [-0.4, -0.2) is 24.5 Å². The van der Waals surface area contributed by atoms with Gasteiger partial charge < -0.3 is 15.8 Å². The highest BCUT2D eigenvalue weighted by Gasteiger charge is 2.21. The number of para-hydroxylation sites is 1. The maximum Gasteiger partial charge on any atom is 0.219 e.